The van der Waals surface area contributed by atoms with E-state index in [0.717, 1.165) is 39.1 Å². The van der Waals surface area contributed by atoms with Gasteiger partial charge in [-0.3, -0.25) is 4.90 Å². The number of hydrogen-bond acceptors (Lipinski definition) is 2. The maximum absolute atomic E-state index is 2.58. The molecule has 2 nitrogen and oxygen atoms in total. The molecule has 0 N–H and O–H groups in total. The third-order valence-electron chi connectivity index (χ3n) is 4.66. The van der Waals surface area contributed by atoms with Crippen molar-refractivity contribution in [1.29, 1.82) is 0 Å². The Kier molecular flexibility index (Phi) is 4.79. The smallest absolute Gasteiger partial charge is 0.0367 e. The Morgan fingerprint density at radius 1 is 0.818 bits per heavy atom. The quantitative estimate of drug-likeness (QED) is 0.844. The first-order valence-electron chi connectivity index (χ1n) is 8.37. The van der Waals surface area contributed by atoms with E-state index < -0.39 is 0 Å². The van der Waals surface area contributed by atoms with Crippen molar-refractivity contribution < 1.29 is 0 Å². The number of anilines is 1. The van der Waals surface area contributed by atoms with Gasteiger partial charge in [-0.15, -0.1) is 0 Å². The predicted molar refractivity (Wildman–Crippen MR) is 94.5 cm³/mol. The Morgan fingerprint density at radius 2 is 1.45 bits per heavy atom. The van der Waals surface area contributed by atoms with Crippen LogP contribution in [0, 0.1) is 6.92 Å². The summed E-state index contributed by atoms with van der Waals surface area (Å²) in [6.45, 7) is 10.0. The third kappa shape index (κ3) is 3.50. The minimum Gasteiger partial charge on any atom is -0.369 e. The molecule has 0 amide bonds. The summed E-state index contributed by atoms with van der Waals surface area (Å²) < 4.78 is 0. The predicted octanol–water partition coefficient (Wildman–Crippen LogP) is 3.88. The molecule has 0 spiro atoms. The molecule has 1 heterocycles. The summed E-state index contributed by atoms with van der Waals surface area (Å²) in [7, 11) is 0. The molecule has 2 heteroatoms. The second-order valence-corrected chi connectivity index (χ2v) is 6.22. The highest BCUT2D eigenvalue weighted by Gasteiger charge is 2.17. The Labute approximate surface area is 134 Å². The first-order valence-corrected chi connectivity index (χ1v) is 8.37. The average Bonchev–Trinajstić information content (AvgIpc) is 2.57. The van der Waals surface area contributed by atoms with Crippen molar-refractivity contribution in [3.8, 4) is 0 Å². The van der Waals surface area contributed by atoms with Crippen LogP contribution in [0.25, 0.3) is 0 Å². The van der Waals surface area contributed by atoms with Crippen LogP contribution < -0.4 is 4.90 Å². The summed E-state index contributed by atoms with van der Waals surface area (Å²) in [6, 6.07) is 17.8. The number of nitrogens with zero attached hydrogens (tertiary/aromatic N) is 2. The SMILES string of the molecule is CCc1ccccc1CN1CCN(c2ccc(C)cc2)CC1. The monoisotopic (exact) mass is 294 g/mol. The van der Waals surface area contributed by atoms with Gasteiger partial charge in [-0.05, 0) is 36.6 Å². The topological polar surface area (TPSA) is 6.48 Å². The lowest BCUT2D eigenvalue weighted by Gasteiger charge is -2.36. The highest BCUT2D eigenvalue weighted by Crippen LogP contribution is 2.19. The van der Waals surface area contributed by atoms with Gasteiger partial charge in [0.2, 0.25) is 0 Å². The molecular formula is C20H26N2. The van der Waals surface area contributed by atoms with Gasteiger partial charge in [0, 0.05) is 38.4 Å². The Hall–Kier alpha value is -1.80. The maximum atomic E-state index is 2.58. The first kappa shape index (κ1) is 15.1. The van der Waals surface area contributed by atoms with Gasteiger partial charge in [0.1, 0.15) is 0 Å². The minimum atomic E-state index is 1.09. The Balaban J connectivity index is 1.59. The number of hydrogen-bond donors (Lipinski definition) is 0. The zero-order valence-electron chi connectivity index (χ0n) is 13.8. The van der Waals surface area contributed by atoms with E-state index in [-0.39, 0.29) is 0 Å². The van der Waals surface area contributed by atoms with E-state index in [1.165, 1.54) is 22.4 Å². The summed E-state index contributed by atoms with van der Waals surface area (Å²) in [6.07, 6.45) is 1.12. The molecule has 1 saturated heterocycles. The van der Waals surface area contributed by atoms with Crippen molar-refractivity contribution in [1.82, 2.24) is 4.90 Å². The molecule has 0 saturated carbocycles. The molecule has 1 aliphatic heterocycles. The zero-order valence-corrected chi connectivity index (χ0v) is 13.8. The van der Waals surface area contributed by atoms with Crippen LogP contribution in [0.4, 0.5) is 5.69 Å². The van der Waals surface area contributed by atoms with Crippen molar-refractivity contribution in [2.45, 2.75) is 26.8 Å². The van der Waals surface area contributed by atoms with Gasteiger partial charge in [-0.25, -0.2) is 0 Å². The number of benzene rings is 2. The molecular weight excluding hydrogens is 268 g/mol. The molecule has 0 bridgehead atoms. The van der Waals surface area contributed by atoms with Crippen LogP contribution >= 0.6 is 0 Å². The molecule has 22 heavy (non-hydrogen) atoms. The molecule has 1 aliphatic rings. The summed E-state index contributed by atoms with van der Waals surface area (Å²) in [4.78, 5) is 5.08. The molecule has 116 valence electrons. The molecule has 0 radical (unpaired) electrons. The van der Waals surface area contributed by atoms with Gasteiger partial charge in [-0.2, -0.15) is 0 Å². The zero-order chi connectivity index (χ0) is 15.4. The van der Waals surface area contributed by atoms with Crippen LogP contribution in [0.1, 0.15) is 23.6 Å². The van der Waals surface area contributed by atoms with Crippen molar-refractivity contribution >= 4 is 5.69 Å². The maximum Gasteiger partial charge on any atom is 0.0367 e. The molecule has 2 aromatic rings. The van der Waals surface area contributed by atoms with Crippen LogP contribution in [0.15, 0.2) is 48.5 Å². The molecule has 1 fully saturated rings. The minimum absolute atomic E-state index is 1.09. The number of piperazine rings is 1. The third-order valence-corrected chi connectivity index (χ3v) is 4.66. The average molecular weight is 294 g/mol. The fraction of sp³-hybridized carbons (Fsp3) is 0.400. The first-order chi connectivity index (χ1) is 10.8. The van der Waals surface area contributed by atoms with Gasteiger partial charge < -0.3 is 4.90 Å². The van der Waals surface area contributed by atoms with Crippen molar-refractivity contribution in [3.63, 3.8) is 0 Å². The highest BCUT2D eigenvalue weighted by molar-refractivity contribution is 5.47. The summed E-state index contributed by atoms with van der Waals surface area (Å²) in [5.41, 5.74) is 5.68. The standard InChI is InChI=1S/C20H26N2/c1-3-18-6-4-5-7-19(18)16-21-12-14-22(15-13-21)20-10-8-17(2)9-11-20/h4-11H,3,12-16H2,1-2H3. The lowest BCUT2D eigenvalue weighted by molar-refractivity contribution is 0.249. The van der Waals surface area contributed by atoms with E-state index in [1.54, 1.807) is 0 Å². The highest BCUT2D eigenvalue weighted by atomic mass is 15.3. The lowest BCUT2D eigenvalue weighted by atomic mass is 10.0. The van der Waals surface area contributed by atoms with Crippen LogP contribution in [0.5, 0.6) is 0 Å². The molecule has 3 rings (SSSR count). The van der Waals surface area contributed by atoms with Crippen molar-refractivity contribution in [2.24, 2.45) is 0 Å². The fourth-order valence-electron chi connectivity index (χ4n) is 3.22. The van der Waals surface area contributed by atoms with Crippen LogP contribution in [-0.4, -0.2) is 31.1 Å². The Bertz CT molecular complexity index is 595. The van der Waals surface area contributed by atoms with Gasteiger partial charge in [-0.1, -0.05) is 48.9 Å². The van der Waals surface area contributed by atoms with E-state index in [1.807, 2.05) is 0 Å². The van der Waals surface area contributed by atoms with Crippen LogP contribution in [0.2, 0.25) is 0 Å². The number of rotatable bonds is 4. The Morgan fingerprint density at radius 3 is 2.09 bits per heavy atom. The van der Waals surface area contributed by atoms with Gasteiger partial charge in [0.25, 0.3) is 0 Å². The summed E-state index contributed by atoms with van der Waals surface area (Å²) >= 11 is 0. The van der Waals surface area contributed by atoms with Gasteiger partial charge in [0.05, 0.1) is 0 Å². The number of aryl methyl sites for hydroxylation is 2. The largest absolute Gasteiger partial charge is 0.369 e. The second-order valence-electron chi connectivity index (χ2n) is 6.22. The molecule has 0 atom stereocenters. The fourth-order valence-corrected chi connectivity index (χ4v) is 3.22. The van der Waals surface area contributed by atoms with Gasteiger partial charge >= 0.3 is 0 Å². The van der Waals surface area contributed by atoms with Crippen LogP contribution in [0.3, 0.4) is 0 Å². The van der Waals surface area contributed by atoms with E-state index >= 15 is 0 Å². The molecule has 0 aliphatic carbocycles. The molecule has 0 aromatic heterocycles. The normalized spacial score (nSPS) is 16.0. The van der Waals surface area contributed by atoms with Crippen LogP contribution in [-0.2, 0) is 13.0 Å². The summed E-state index contributed by atoms with van der Waals surface area (Å²) in [5.74, 6) is 0. The molecule has 0 unspecified atom stereocenters. The lowest BCUT2D eigenvalue weighted by Crippen LogP contribution is -2.46. The van der Waals surface area contributed by atoms with Crippen molar-refractivity contribution in [3.05, 3.63) is 65.2 Å². The van der Waals surface area contributed by atoms with Gasteiger partial charge in [0.15, 0.2) is 0 Å². The van der Waals surface area contributed by atoms with E-state index in [4.69, 9.17) is 0 Å². The van der Waals surface area contributed by atoms with Crippen molar-refractivity contribution in [2.75, 3.05) is 31.1 Å². The van der Waals surface area contributed by atoms with E-state index in [0.29, 0.717) is 0 Å². The van der Waals surface area contributed by atoms with E-state index in [2.05, 4.69) is 72.2 Å². The second kappa shape index (κ2) is 6.97. The summed E-state index contributed by atoms with van der Waals surface area (Å²) in [5, 5.41) is 0. The van der Waals surface area contributed by atoms with E-state index in [9.17, 15) is 0 Å². The molecule has 2 aromatic carbocycles.